The fourth-order valence-corrected chi connectivity index (χ4v) is 4.80. The van der Waals surface area contributed by atoms with E-state index in [0.717, 1.165) is 56.2 Å². The molecule has 1 aliphatic carbocycles. The number of carbonyl (C=O) groups excluding carboxylic acids is 1. The molecular weight excluding hydrogens is 377 g/mol. The molecule has 1 saturated heterocycles. The van der Waals surface area contributed by atoms with Gasteiger partial charge in [0.05, 0.1) is 18.2 Å². The van der Waals surface area contributed by atoms with Crippen LogP contribution in [0.15, 0.2) is 17.0 Å². The van der Waals surface area contributed by atoms with Crippen molar-refractivity contribution in [1.82, 2.24) is 10.2 Å². The average molecular weight is 402 g/mol. The molecule has 0 spiro atoms. The minimum Gasteiger partial charge on any atom is -0.496 e. The number of nitrogens with one attached hydrogen (secondary N) is 1. The fraction of sp³-hybridized carbons (Fsp3) is 0.632. The number of benzene rings is 1. The highest BCUT2D eigenvalue weighted by atomic mass is 32.2. The predicted octanol–water partition coefficient (Wildman–Crippen LogP) is 4.18. The van der Waals surface area contributed by atoms with Gasteiger partial charge in [-0.1, -0.05) is 0 Å². The minimum absolute atomic E-state index is 0.0253. The molecule has 0 radical (unpaired) electrons. The maximum absolute atomic E-state index is 13.1. The van der Waals surface area contributed by atoms with Crippen LogP contribution >= 0.6 is 11.8 Å². The second-order valence-electron chi connectivity index (χ2n) is 7.07. The number of methoxy groups -OCH3 is 1. The number of rotatable bonds is 5. The first-order valence-corrected chi connectivity index (χ1v) is 10.5. The Kier molecular flexibility index (Phi) is 6.25. The third-order valence-corrected chi connectivity index (χ3v) is 6.23. The minimum atomic E-state index is -4.49. The van der Waals surface area contributed by atoms with E-state index in [4.69, 9.17) is 4.74 Å². The summed E-state index contributed by atoms with van der Waals surface area (Å²) in [6, 6.07) is 2.27. The van der Waals surface area contributed by atoms with Crippen molar-refractivity contribution in [3.05, 3.63) is 23.3 Å². The van der Waals surface area contributed by atoms with E-state index in [1.807, 2.05) is 0 Å². The molecule has 0 unspecified atom stereocenters. The predicted molar refractivity (Wildman–Crippen MR) is 99.5 cm³/mol. The van der Waals surface area contributed by atoms with Crippen molar-refractivity contribution in [2.24, 2.45) is 0 Å². The van der Waals surface area contributed by atoms with Gasteiger partial charge in [-0.2, -0.15) is 13.2 Å². The van der Waals surface area contributed by atoms with Crippen molar-refractivity contribution in [2.45, 2.75) is 55.3 Å². The highest BCUT2D eigenvalue weighted by Gasteiger charge is 2.36. The number of halogens is 3. The smallest absolute Gasteiger partial charge is 0.416 e. The first-order chi connectivity index (χ1) is 12.8. The van der Waals surface area contributed by atoms with Crippen LogP contribution in [-0.4, -0.2) is 49.3 Å². The highest BCUT2D eigenvalue weighted by Crippen LogP contribution is 2.38. The number of likely N-dealkylation sites (tertiary alicyclic amines) is 1. The first kappa shape index (κ1) is 20.3. The third kappa shape index (κ3) is 4.37. The van der Waals surface area contributed by atoms with E-state index in [2.05, 4.69) is 10.2 Å². The van der Waals surface area contributed by atoms with Gasteiger partial charge in [-0.25, -0.2) is 0 Å². The van der Waals surface area contributed by atoms with Crippen molar-refractivity contribution in [3.8, 4) is 5.75 Å². The molecule has 8 heteroatoms. The second kappa shape index (κ2) is 8.31. The van der Waals surface area contributed by atoms with E-state index in [9.17, 15) is 18.0 Å². The molecule has 4 nitrogen and oxygen atoms in total. The van der Waals surface area contributed by atoms with Crippen LogP contribution in [0, 0.1) is 0 Å². The number of carbonyl (C=O) groups is 1. The van der Waals surface area contributed by atoms with Gasteiger partial charge in [0.25, 0.3) is 5.91 Å². The van der Waals surface area contributed by atoms with Crippen LogP contribution in [0.4, 0.5) is 13.2 Å². The second-order valence-corrected chi connectivity index (χ2v) is 7.92. The zero-order valence-electron chi connectivity index (χ0n) is 15.6. The van der Waals surface area contributed by atoms with Crippen LogP contribution in [0.2, 0.25) is 0 Å². The molecule has 1 aromatic carbocycles. The number of nitrogens with zero attached hydrogens (tertiary/aromatic N) is 1. The number of alkyl halides is 3. The number of hydrogen-bond acceptors (Lipinski definition) is 4. The molecule has 0 aromatic heterocycles. The van der Waals surface area contributed by atoms with Crippen LogP contribution in [0.25, 0.3) is 0 Å². The summed E-state index contributed by atoms with van der Waals surface area (Å²) in [5.74, 6) is -0.400. The molecule has 1 heterocycles. The Labute approximate surface area is 161 Å². The molecule has 1 saturated carbocycles. The standard InChI is InChI=1S/C19H25F3N2O2S/c1-26-15-10-12(19(20,21)22)11-16(27-2)17(15)18(25)23-13-6-5-7-14(13)24-8-3-4-9-24/h10-11,13-14H,3-9H2,1-2H3,(H,23,25)/t13-,14+/m1/s1. The molecule has 2 aliphatic rings. The van der Waals surface area contributed by atoms with Crippen molar-refractivity contribution >= 4 is 17.7 Å². The van der Waals surface area contributed by atoms with Crippen molar-refractivity contribution in [3.63, 3.8) is 0 Å². The van der Waals surface area contributed by atoms with Gasteiger partial charge in [-0.05, 0) is 63.6 Å². The summed E-state index contributed by atoms with van der Waals surface area (Å²) in [6.07, 6.45) is 2.52. The molecule has 150 valence electrons. The van der Waals surface area contributed by atoms with Crippen LogP contribution in [0.3, 0.4) is 0 Å². The molecule has 1 amide bonds. The summed E-state index contributed by atoms with van der Waals surface area (Å²) in [4.78, 5) is 15.7. The molecule has 0 bridgehead atoms. The maximum Gasteiger partial charge on any atom is 0.416 e. The lowest BCUT2D eigenvalue weighted by atomic mass is 10.1. The Morgan fingerprint density at radius 3 is 2.52 bits per heavy atom. The normalized spacial score (nSPS) is 23.6. The Hall–Kier alpha value is -1.41. The molecule has 1 aliphatic heterocycles. The quantitative estimate of drug-likeness (QED) is 0.750. The Morgan fingerprint density at radius 2 is 1.93 bits per heavy atom. The van der Waals surface area contributed by atoms with Gasteiger partial charge < -0.3 is 10.1 Å². The van der Waals surface area contributed by atoms with Crippen LogP contribution in [0.1, 0.15) is 48.0 Å². The maximum atomic E-state index is 13.1. The largest absolute Gasteiger partial charge is 0.496 e. The lowest BCUT2D eigenvalue weighted by Gasteiger charge is -2.30. The van der Waals surface area contributed by atoms with Crippen LogP contribution in [-0.2, 0) is 6.18 Å². The summed E-state index contributed by atoms with van der Waals surface area (Å²) in [7, 11) is 1.29. The molecule has 3 rings (SSSR count). The Morgan fingerprint density at radius 1 is 1.22 bits per heavy atom. The van der Waals surface area contributed by atoms with Gasteiger partial charge >= 0.3 is 6.18 Å². The zero-order chi connectivity index (χ0) is 19.6. The molecule has 2 atom stereocenters. The van der Waals surface area contributed by atoms with E-state index in [1.165, 1.54) is 20.0 Å². The molecule has 27 heavy (non-hydrogen) atoms. The van der Waals surface area contributed by atoms with Gasteiger partial charge in [0.2, 0.25) is 0 Å². The van der Waals surface area contributed by atoms with E-state index < -0.39 is 11.7 Å². The summed E-state index contributed by atoms with van der Waals surface area (Å²) >= 11 is 1.12. The van der Waals surface area contributed by atoms with E-state index in [-0.39, 0.29) is 28.2 Å². The molecule has 2 fully saturated rings. The summed E-state index contributed by atoms with van der Waals surface area (Å²) in [6.45, 7) is 2.10. The molecule has 1 N–H and O–H groups in total. The Bertz CT molecular complexity index is 665. The van der Waals surface area contributed by atoms with Gasteiger partial charge in [0, 0.05) is 17.0 Å². The monoisotopic (exact) mass is 402 g/mol. The average Bonchev–Trinajstić information content (AvgIpc) is 3.30. The van der Waals surface area contributed by atoms with Gasteiger partial charge in [-0.3, -0.25) is 9.69 Å². The number of ether oxygens (including phenoxy) is 1. The Balaban J connectivity index is 1.85. The summed E-state index contributed by atoms with van der Waals surface area (Å²) in [5.41, 5.74) is -0.624. The first-order valence-electron chi connectivity index (χ1n) is 9.23. The SMILES string of the molecule is COc1cc(C(F)(F)F)cc(SC)c1C(=O)N[C@@H]1CCC[C@@H]1N1CCCC1. The summed E-state index contributed by atoms with van der Waals surface area (Å²) < 4.78 is 44.6. The van der Waals surface area contributed by atoms with Gasteiger partial charge in [-0.15, -0.1) is 11.8 Å². The van der Waals surface area contributed by atoms with Gasteiger partial charge in [0.1, 0.15) is 5.75 Å². The lowest BCUT2D eigenvalue weighted by molar-refractivity contribution is -0.137. The highest BCUT2D eigenvalue weighted by molar-refractivity contribution is 7.98. The van der Waals surface area contributed by atoms with Gasteiger partial charge in [0.15, 0.2) is 0 Å². The zero-order valence-corrected chi connectivity index (χ0v) is 16.4. The fourth-order valence-electron chi connectivity index (χ4n) is 4.16. The third-order valence-electron chi connectivity index (χ3n) is 5.47. The molecule has 1 aromatic rings. The van der Waals surface area contributed by atoms with Crippen LogP contribution < -0.4 is 10.1 Å². The topological polar surface area (TPSA) is 41.6 Å². The van der Waals surface area contributed by atoms with Crippen molar-refractivity contribution in [2.75, 3.05) is 26.5 Å². The van der Waals surface area contributed by atoms with E-state index >= 15 is 0 Å². The number of hydrogen-bond donors (Lipinski definition) is 1. The van der Waals surface area contributed by atoms with E-state index in [1.54, 1.807) is 6.26 Å². The van der Waals surface area contributed by atoms with Crippen molar-refractivity contribution in [1.29, 1.82) is 0 Å². The van der Waals surface area contributed by atoms with Crippen molar-refractivity contribution < 1.29 is 22.7 Å². The number of thioether (sulfide) groups is 1. The van der Waals surface area contributed by atoms with E-state index in [0.29, 0.717) is 6.04 Å². The summed E-state index contributed by atoms with van der Waals surface area (Å²) in [5, 5.41) is 3.07. The lowest BCUT2D eigenvalue weighted by Crippen LogP contribution is -2.47. The number of amides is 1. The van der Waals surface area contributed by atoms with Crippen LogP contribution in [0.5, 0.6) is 5.75 Å². The molecular formula is C19H25F3N2O2S.